The Hall–Kier alpha value is -6.76. The van der Waals surface area contributed by atoms with Crippen LogP contribution >= 0.6 is 0 Å². The van der Waals surface area contributed by atoms with Crippen LogP contribution in [-0.2, 0) is 0 Å². The molecule has 3 N–H and O–H groups in total. The molecule has 9 rings (SSSR count). The summed E-state index contributed by atoms with van der Waals surface area (Å²) < 4.78 is 6.12. The molecule has 3 aromatic heterocycles. The summed E-state index contributed by atoms with van der Waals surface area (Å²) >= 11 is 0. The van der Waals surface area contributed by atoms with E-state index in [2.05, 4.69) is 143 Å². The summed E-state index contributed by atoms with van der Waals surface area (Å²) in [6, 6.07) is 48.4. The molecule has 0 spiro atoms. The summed E-state index contributed by atoms with van der Waals surface area (Å²) in [5.74, 6) is 0.833. The van der Waals surface area contributed by atoms with Gasteiger partial charge in [-0.2, -0.15) is 0 Å². The fourth-order valence-corrected chi connectivity index (χ4v) is 7.71. The van der Waals surface area contributed by atoms with E-state index in [0.29, 0.717) is 6.61 Å². The Balaban J connectivity index is 1.32. The van der Waals surface area contributed by atoms with Gasteiger partial charge in [0.25, 0.3) is 0 Å². The fraction of sp³-hybridized carbons (Fsp3) is 0.120. The molecule has 2 aliphatic heterocycles. The van der Waals surface area contributed by atoms with Crippen LogP contribution < -0.4 is 4.74 Å². The summed E-state index contributed by atoms with van der Waals surface area (Å²) in [5, 5.41) is 9.09. The van der Waals surface area contributed by atoms with Crippen molar-refractivity contribution in [3.05, 3.63) is 162 Å². The van der Waals surface area contributed by atoms with E-state index in [0.717, 1.165) is 121 Å². The van der Waals surface area contributed by atoms with Crippen LogP contribution in [0.2, 0.25) is 0 Å². The molecule has 0 saturated carbocycles. The Bertz CT molecular complexity index is 2670. The number of benzene rings is 4. The second-order valence-electron chi connectivity index (χ2n) is 14.1. The van der Waals surface area contributed by atoms with Gasteiger partial charge in [0, 0.05) is 50.9 Å². The molecule has 0 atom stereocenters. The van der Waals surface area contributed by atoms with Crippen molar-refractivity contribution in [2.75, 3.05) is 13.2 Å². The SMILES string of the molecule is OCCCCCCOc1ccc(-c2c3nc(c(-c4ccccc4)c4ccc([nH]4)c(-c4ccccc4)c4nc(c(-c5ccccc5)c5ccc2[nH]5)C=C4)C=C3)cc1. The first kappa shape index (κ1) is 35.0. The van der Waals surface area contributed by atoms with Crippen molar-refractivity contribution in [1.29, 1.82) is 0 Å². The van der Waals surface area contributed by atoms with Gasteiger partial charge in [-0.15, -0.1) is 0 Å². The molecule has 4 aromatic carbocycles. The van der Waals surface area contributed by atoms with E-state index in [4.69, 9.17) is 19.8 Å². The average molecular weight is 731 g/mol. The molecule has 2 aliphatic rings. The van der Waals surface area contributed by atoms with E-state index in [1.54, 1.807) is 0 Å². The zero-order valence-corrected chi connectivity index (χ0v) is 31.1. The number of aliphatic hydroxyl groups excluding tert-OH is 1. The molecule has 5 heterocycles. The summed E-state index contributed by atoms with van der Waals surface area (Å²) in [7, 11) is 0. The molecule has 0 fully saturated rings. The van der Waals surface area contributed by atoms with Crippen LogP contribution in [-0.4, -0.2) is 38.3 Å². The molecular formula is C50H42N4O2. The lowest BCUT2D eigenvalue weighted by Gasteiger charge is -2.09. The zero-order chi connectivity index (χ0) is 37.7. The normalized spacial score (nSPS) is 11.9. The molecule has 0 saturated heterocycles. The molecular weight excluding hydrogens is 689 g/mol. The number of unbranched alkanes of at least 4 members (excludes halogenated alkanes) is 3. The number of nitrogens with zero attached hydrogens (tertiary/aromatic N) is 2. The highest BCUT2D eigenvalue weighted by molar-refractivity contribution is 5.99. The van der Waals surface area contributed by atoms with Gasteiger partial charge in [0.1, 0.15) is 5.75 Å². The first-order chi connectivity index (χ1) is 27.7. The number of fused-ring (bicyclic) bond motifs is 8. The largest absolute Gasteiger partial charge is 0.494 e. The Morgan fingerprint density at radius 2 is 0.750 bits per heavy atom. The van der Waals surface area contributed by atoms with Gasteiger partial charge in [-0.25, -0.2) is 9.97 Å². The van der Waals surface area contributed by atoms with Crippen LogP contribution in [0, 0.1) is 0 Å². The third-order valence-electron chi connectivity index (χ3n) is 10.4. The maximum atomic E-state index is 9.09. The number of rotatable bonds is 11. The molecule has 7 aromatic rings. The lowest BCUT2D eigenvalue weighted by Crippen LogP contribution is -1.97. The van der Waals surface area contributed by atoms with Crippen LogP contribution in [0.4, 0.5) is 0 Å². The quantitative estimate of drug-likeness (QED) is 0.116. The summed E-state index contributed by atoms with van der Waals surface area (Å²) in [6.45, 7) is 0.890. The molecule has 6 heteroatoms. The molecule has 0 aliphatic carbocycles. The summed E-state index contributed by atoms with van der Waals surface area (Å²) in [5.41, 5.74) is 15.7. The minimum absolute atomic E-state index is 0.243. The summed E-state index contributed by atoms with van der Waals surface area (Å²) in [6.07, 6.45) is 12.4. The predicted molar refractivity (Wildman–Crippen MR) is 232 cm³/mol. The third-order valence-corrected chi connectivity index (χ3v) is 10.4. The second kappa shape index (κ2) is 15.9. The van der Waals surface area contributed by atoms with Gasteiger partial charge in [-0.3, -0.25) is 0 Å². The Labute approximate surface area is 326 Å². The van der Waals surface area contributed by atoms with E-state index in [9.17, 15) is 0 Å². The topological polar surface area (TPSA) is 86.8 Å². The van der Waals surface area contributed by atoms with Crippen molar-refractivity contribution in [3.63, 3.8) is 0 Å². The third kappa shape index (κ3) is 7.10. The number of hydrogen-bond donors (Lipinski definition) is 3. The van der Waals surface area contributed by atoms with Gasteiger partial charge < -0.3 is 19.8 Å². The van der Waals surface area contributed by atoms with Gasteiger partial charge >= 0.3 is 0 Å². The minimum Gasteiger partial charge on any atom is -0.494 e. The maximum Gasteiger partial charge on any atom is 0.119 e. The van der Waals surface area contributed by atoms with E-state index in [1.165, 1.54) is 0 Å². The molecule has 0 unspecified atom stereocenters. The number of aromatic nitrogens is 4. The highest BCUT2D eigenvalue weighted by atomic mass is 16.5. The van der Waals surface area contributed by atoms with Crippen LogP contribution in [0.5, 0.6) is 5.75 Å². The molecule has 6 nitrogen and oxygen atoms in total. The molecule has 8 bridgehead atoms. The number of nitrogens with one attached hydrogen (secondary N) is 2. The number of H-pyrrole nitrogens is 2. The summed E-state index contributed by atoms with van der Waals surface area (Å²) in [4.78, 5) is 18.4. The molecule has 0 amide bonds. The van der Waals surface area contributed by atoms with E-state index >= 15 is 0 Å². The van der Waals surface area contributed by atoms with Gasteiger partial charge in [0.2, 0.25) is 0 Å². The van der Waals surface area contributed by atoms with E-state index < -0.39 is 0 Å². The first-order valence-electron chi connectivity index (χ1n) is 19.4. The van der Waals surface area contributed by atoms with Crippen molar-refractivity contribution in [1.82, 2.24) is 19.9 Å². The molecule has 56 heavy (non-hydrogen) atoms. The zero-order valence-electron chi connectivity index (χ0n) is 31.1. The van der Waals surface area contributed by atoms with Crippen molar-refractivity contribution < 1.29 is 9.84 Å². The van der Waals surface area contributed by atoms with Crippen molar-refractivity contribution in [2.45, 2.75) is 25.7 Å². The molecule has 0 radical (unpaired) electrons. The van der Waals surface area contributed by atoms with Crippen molar-refractivity contribution >= 4 is 46.4 Å². The van der Waals surface area contributed by atoms with Gasteiger partial charge in [-0.1, -0.05) is 110 Å². The lowest BCUT2D eigenvalue weighted by atomic mass is 10.0. The van der Waals surface area contributed by atoms with Crippen LogP contribution in [0.1, 0.15) is 48.5 Å². The van der Waals surface area contributed by atoms with Gasteiger partial charge in [0.05, 0.1) is 29.4 Å². The number of aromatic amines is 2. The Morgan fingerprint density at radius 1 is 0.393 bits per heavy atom. The average Bonchev–Trinajstić information content (AvgIpc) is 4.09. The van der Waals surface area contributed by atoms with Crippen LogP contribution in [0.15, 0.2) is 140 Å². The maximum absolute atomic E-state index is 9.09. The Morgan fingerprint density at radius 3 is 1.12 bits per heavy atom. The van der Waals surface area contributed by atoms with E-state index in [1.807, 2.05) is 30.3 Å². The highest BCUT2D eigenvalue weighted by Gasteiger charge is 2.19. The standard InChI is InChI=1S/C50H42N4O2/c55-32-12-1-2-13-33-56-38-22-20-37(21-23-38)50-45-30-28-43(53-45)48(35-16-8-4-9-17-35)41-26-24-39(51-41)47(34-14-6-3-7-15-34)40-25-27-42(52-40)49(36-18-10-5-11-19-36)44-29-31-46(50)54-44/h3-11,14-31,51,54-55H,1-2,12-13,32-33H2. The van der Waals surface area contributed by atoms with Gasteiger partial charge in [0.15, 0.2) is 0 Å². The van der Waals surface area contributed by atoms with Crippen molar-refractivity contribution in [3.8, 4) is 50.3 Å². The highest BCUT2D eigenvalue weighted by Crippen LogP contribution is 2.38. The first-order valence-corrected chi connectivity index (χ1v) is 19.4. The minimum atomic E-state index is 0.243. The van der Waals surface area contributed by atoms with Crippen LogP contribution in [0.25, 0.3) is 90.9 Å². The van der Waals surface area contributed by atoms with Crippen molar-refractivity contribution in [2.24, 2.45) is 0 Å². The Kier molecular flexibility index (Phi) is 9.94. The smallest absolute Gasteiger partial charge is 0.119 e. The monoisotopic (exact) mass is 730 g/mol. The van der Waals surface area contributed by atoms with E-state index in [-0.39, 0.29) is 6.61 Å². The second-order valence-corrected chi connectivity index (χ2v) is 14.1. The fourth-order valence-electron chi connectivity index (χ4n) is 7.71. The van der Waals surface area contributed by atoms with Gasteiger partial charge in [-0.05, 0) is 102 Å². The lowest BCUT2D eigenvalue weighted by molar-refractivity contribution is 0.273. The predicted octanol–water partition coefficient (Wildman–Crippen LogP) is 12.3. The number of hydrogen-bond acceptors (Lipinski definition) is 4. The number of ether oxygens (including phenoxy) is 1. The molecule has 274 valence electrons. The number of aliphatic hydroxyl groups is 1. The van der Waals surface area contributed by atoms with Crippen LogP contribution in [0.3, 0.4) is 0 Å².